The standard InChI is InChI=1S/C23H29N3O3S/c1-17-8-10-19(11-9-17)24-22(27)16-30-18(2)23(28)26-14-12-25(13-15-26)20-6-4-5-7-21(20)29-3/h4-11,18H,12-16H2,1-3H3,(H,24,27)/t18-/m1/s1. The molecule has 6 nitrogen and oxygen atoms in total. The van der Waals surface area contributed by atoms with Crippen molar-refractivity contribution < 1.29 is 14.3 Å². The van der Waals surface area contributed by atoms with E-state index in [1.54, 1.807) is 7.11 Å². The third-order valence-corrected chi connectivity index (χ3v) is 6.30. The minimum atomic E-state index is -0.258. The monoisotopic (exact) mass is 427 g/mol. The van der Waals surface area contributed by atoms with Gasteiger partial charge in [0.1, 0.15) is 5.75 Å². The minimum Gasteiger partial charge on any atom is -0.495 e. The lowest BCUT2D eigenvalue weighted by Crippen LogP contribution is -2.50. The quantitative estimate of drug-likeness (QED) is 0.734. The van der Waals surface area contributed by atoms with Crippen molar-refractivity contribution in [3.63, 3.8) is 0 Å². The number of benzene rings is 2. The molecule has 1 aliphatic rings. The summed E-state index contributed by atoms with van der Waals surface area (Å²) in [7, 11) is 1.67. The van der Waals surface area contributed by atoms with E-state index < -0.39 is 0 Å². The number of ether oxygens (including phenoxy) is 1. The van der Waals surface area contributed by atoms with Crippen molar-refractivity contribution in [1.82, 2.24) is 4.90 Å². The lowest BCUT2D eigenvalue weighted by molar-refractivity contribution is -0.130. The molecule has 2 aromatic rings. The molecular weight excluding hydrogens is 398 g/mol. The molecule has 2 aromatic carbocycles. The third-order valence-electron chi connectivity index (χ3n) is 5.16. The lowest BCUT2D eigenvalue weighted by Gasteiger charge is -2.37. The van der Waals surface area contributed by atoms with Crippen molar-refractivity contribution in [3.8, 4) is 5.75 Å². The second kappa shape index (κ2) is 10.4. The number of rotatable bonds is 7. The summed E-state index contributed by atoms with van der Waals surface area (Å²) in [4.78, 5) is 29.1. The Balaban J connectivity index is 1.45. The molecule has 1 fully saturated rings. The van der Waals surface area contributed by atoms with Crippen LogP contribution < -0.4 is 15.0 Å². The van der Waals surface area contributed by atoms with Crippen molar-refractivity contribution in [2.24, 2.45) is 0 Å². The zero-order valence-electron chi connectivity index (χ0n) is 17.8. The van der Waals surface area contributed by atoms with Crippen LogP contribution in [0.2, 0.25) is 0 Å². The Hall–Kier alpha value is -2.67. The van der Waals surface area contributed by atoms with E-state index in [2.05, 4.69) is 10.2 Å². The van der Waals surface area contributed by atoms with Gasteiger partial charge in [-0.05, 0) is 38.1 Å². The smallest absolute Gasteiger partial charge is 0.235 e. The molecule has 1 heterocycles. The first-order chi connectivity index (χ1) is 14.5. The maximum atomic E-state index is 12.8. The minimum absolute atomic E-state index is 0.0859. The highest BCUT2D eigenvalue weighted by Gasteiger charge is 2.26. The van der Waals surface area contributed by atoms with Gasteiger partial charge in [0.25, 0.3) is 0 Å². The number of thioether (sulfide) groups is 1. The molecular formula is C23H29N3O3S. The molecule has 3 rings (SSSR count). The van der Waals surface area contributed by atoms with Crippen molar-refractivity contribution in [3.05, 3.63) is 54.1 Å². The zero-order chi connectivity index (χ0) is 21.5. The lowest BCUT2D eigenvalue weighted by atomic mass is 10.2. The number of methoxy groups -OCH3 is 1. The fraction of sp³-hybridized carbons (Fsp3) is 0.391. The molecule has 0 unspecified atom stereocenters. The Labute approximate surface area is 182 Å². The van der Waals surface area contributed by atoms with Gasteiger partial charge in [0.05, 0.1) is 23.8 Å². The van der Waals surface area contributed by atoms with Crippen molar-refractivity contribution in [2.75, 3.05) is 49.3 Å². The molecule has 0 radical (unpaired) electrons. The molecule has 0 bridgehead atoms. The van der Waals surface area contributed by atoms with E-state index >= 15 is 0 Å². The fourth-order valence-corrected chi connectivity index (χ4v) is 4.19. The SMILES string of the molecule is COc1ccccc1N1CCN(C(=O)[C@@H](C)SCC(=O)Nc2ccc(C)cc2)CC1. The molecule has 160 valence electrons. The van der Waals surface area contributed by atoms with Gasteiger partial charge in [-0.3, -0.25) is 9.59 Å². The van der Waals surface area contributed by atoms with Crippen LogP contribution in [0.5, 0.6) is 5.75 Å². The summed E-state index contributed by atoms with van der Waals surface area (Å²) in [6.07, 6.45) is 0. The number of nitrogens with one attached hydrogen (secondary N) is 1. The van der Waals surface area contributed by atoms with Crippen LogP contribution in [0.1, 0.15) is 12.5 Å². The summed E-state index contributed by atoms with van der Waals surface area (Å²) >= 11 is 1.38. The van der Waals surface area contributed by atoms with Gasteiger partial charge in [-0.25, -0.2) is 0 Å². The average molecular weight is 428 g/mol. The van der Waals surface area contributed by atoms with Crippen LogP contribution in [0.3, 0.4) is 0 Å². The third kappa shape index (κ3) is 5.69. The summed E-state index contributed by atoms with van der Waals surface area (Å²) in [5.41, 5.74) is 2.98. The van der Waals surface area contributed by atoms with E-state index in [4.69, 9.17) is 4.74 Å². The number of piperazine rings is 1. The second-order valence-corrected chi connectivity index (χ2v) is 8.68. The first-order valence-corrected chi connectivity index (χ1v) is 11.2. The van der Waals surface area contributed by atoms with Crippen LogP contribution in [0.15, 0.2) is 48.5 Å². The highest BCUT2D eigenvalue weighted by atomic mass is 32.2. The van der Waals surface area contributed by atoms with Crippen molar-refractivity contribution in [1.29, 1.82) is 0 Å². The van der Waals surface area contributed by atoms with Gasteiger partial charge >= 0.3 is 0 Å². The molecule has 2 amide bonds. The Kier molecular flexibility index (Phi) is 7.63. The first-order valence-electron chi connectivity index (χ1n) is 10.1. The van der Waals surface area contributed by atoms with E-state index in [1.165, 1.54) is 11.8 Å². The van der Waals surface area contributed by atoms with Gasteiger partial charge < -0.3 is 19.9 Å². The van der Waals surface area contributed by atoms with Gasteiger partial charge in [0.2, 0.25) is 11.8 Å². The highest BCUT2D eigenvalue weighted by molar-refractivity contribution is 8.01. The molecule has 7 heteroatoms. The number of hydrogen-bond acceptors (Lipinski definition) is 5. The summed E-state index contributed by atoms with van der Waals surface area (Å²) in [5.74, 6) is 1.09. The van der Waals surface area contributed by atoms with Crippen molar-refractivity contribution in [2.45, 2.75) is 19.1 Å². The van der Waals surface area contributed by atoms with Gasteiger partial charge in [-0.1, -0.05) is 29.8 Å². The van der Waals surface area contributed by atoms with Gasteiger partial charge in [0.15, 0.2) is 0 Å². The molecule has 0 aromatic heterocycles. The molecule has 0 aliphatic carbocycles. The van der Waals surface area contributed by atoms with E-state index in [-0.39, 0.29) is 22.8 Å². The first kappa shape index (κ1) is 22.0. The Morgan fingerprint density at radius 2 is 1.73 bits per heavy atom. The average Bonchev–Trinajstić information content (AvgIpc) is 2.78. The number of hydrogen-bond donors (Lipinski definition) is 1. The van der Waals surface area contributed by atoms with Gasteiger partial charge in [-0.15, -0.1) is 11.8 Å². The molecule has 1 N–H and O–H groups in total. The van der Waals surface area contributed by atoms with E-state index in [0.717, 1.165) is 35.8 Å². The number of anilines is 2. The highest BCUT2D eigenvalue weighted by Crippen LogP contribution is 2.28. The second-order valence-electron chi connectivity index (χ2n) is 7.35. The Morgan fingerprint density at radius 1 is 1.07 bits per heavy atom. The predicted octanol–water partition coefficient (Wildman–Crippen LogP) is 3.41. The predicted molar refractivity (Wildman–Crippen MR) is 124 cm³/mol. The normalized spacial score (nSPS) is 14.9. The summed E-state index contributed by atoms with van der Waals surface area (Å²) in [6.45, 7) is 6.73. The van der Waals surface area contributed by atoms with E-state index in [9.17, 15) is 9.59 Å². The van der Waals surface area contributed by atoms with Gasteiger partial charge in [-0.2, -0.15) is 0 Å². The molecule has 0 saturated carbocycles. The number of carbonyl (C=O) groups excluding carboxylic acids is 2. The van der Waals surface area contributed by atoms with Crippen LogP contribution in [0.4, 0.5) is 11.4 Å². The maximum Gasteiger partial charge on any atom is 0.235 e. The van der Waals surface area contributed by atoms with Crippen LogP contribution in [-0.2, 0) is 9.59 Å². The maximum absolute atomic E-state index is 12.8. The van der Waals surface area contributed by atoms with Crippen LogP contribution in [0.25, 0.3) is 0 Å². The fourth-order valence-electron chi connectivity index (χ4n) is 3.42. The Bertz CT molecular complexity index is 864. The largest absolute Gasteiger partial charge is 0.495 e. The van der Waals surface area contributed by atoms with E-state index in [1.807, 2.05) is 67.3 Å². The molecule has 1 saturated heterocycles. The van der Waals surface area contributed by atoms with Crippen LogP contribution in [-0.4, -0.2) is 61.0 Å². The number of amides is 2. The number of aryl methyl sites for hydroxylation is 1. The topological polar surface area (TPSA) is 61.9 Å². The summed E-state index contributed by atoms with van der Waals surface area (Å²) in [5, 5.41) is 2.62. The number of para-hydroxylation sites is 2. The molecule has 0 spiro atoms. The zero-order valence-corrected chi connectivity index (χ0v) is 18.6. The summed E-state index contributed by atoms with van der Waals surface area (Å²) < 4.78 is 5.45. The van der Waals surface area contributed by atoms with E-state index in [0.29, 0.717) is 13.1 Å². The number of nitrogens with zero attached hydrogens (tertiary/aromatic N) is 2. The summed E-state index contributed by atoms with van der Waals surface area (Å²) in [6, 6.07) is 15.6. The van der Waals surface area contributed by atoms with Crippen molar-refractivity contribution >= 4 is 35.0 Å². The Morgan fingerprint density at radius 3 is 2.40 bits per heavy atom. The van der Waals surface area contributed by atoms with Crippen LogP contribution >= 0.6 is 11.8 Å². The van der Waals surface area contributed by atoms with Gasteiger partial charge in [0, 0.05) is 31.9 Å². The van der Waals surface area contributed by atoms with Crippen LogP contribution in [0, 0.1) is 6.92 Å². The molecule has 1 aliphatic heterocycles. The molecule has 1 atom stereocenters. The number of carbonyl (C=O) groups is 2. The molecule has 30 heavy (non-hydrogen) atoms.